The zero-order valence-electron chi connectivity index (χ0n) is 14.4. The second-order valence-electron chi connectivity index (χ2n) is 6.84. The summed E-state index contributed by atoms with van der Waals surface area (Å²) in [5.41, 5.74) is 3.52. The molecular weight excluding hydrogens is 296 g/mol. The molecular formula is C21H27N2O+. The van der Waals surface area contributed by atoms with Crippen molar-refractivity contribution in [3.63, 3.8) is 0 Å². The third kappa shape index (κ3) is 4.45. The minimum atomic E-state index is -0.0179. The topological polar surface area (TPSA) is 33.5 Å². The number of amides is 1. The molecule has 1 aliphatic heterocycles. The summed E-state index contributed by atoms with van der Waals surface area (Å²) >= 11 is 0. The van der Waals surface area contributed by atoms with E-state index < -0.39 is 0 Å². The Hall–Kier alpha value is -2.13. The first-order valence-electron chi connectivity index (χ1n) is 8.93. The first-order valence-corrected chi connectivity index (χ1v) is 8.93. The Morgan fingerprint density at radius 2 is 1.67 bits per heavy atom. The molecule has 0 aliphatic carbocycles. The van der Waals surface area contributed by atoms with Gasteiger partial charge >= 0.3 is 0 Å². The van der Waals surface area contributed by atoms with E-state index in [0.717, 1.165) is 18.0 Å². The van der Waals surface area contributed by atoms with E-state index in [1.807, 2.05) is 12.1 Å². The quantitative estimate of drug-likeness (QED) is 0.868. The van der Waals surface area contributed by atoms with Gasteiger partial charge in [-0.25, -0.2) is 0 Å². The van der Waals surface area contributed by atoms with Crippen LogP contribution >= 0.6 is 0 Å². The summed E-state index contributed by atoms with van der Waals surface area (Å²) in [7, 11) is 1.67. The fourth-order valence-corrected chi connectivity index (χ4v) is 3.62. The van der Waals surface area contributed by atoms with Crippen molar-refractivity contribution in [2.75, 3.05) is 20.1 Å². The molecule has 1 saturated heterocycles. The number of benzene rings is 2. The van der Waals surface area contributed by atoms with Crippen LogP contribution in [-0.4, -0.2) is 26.0 Å². The van der Waals surface area contributed by atoms with E-state index in [2.05, 4.69) is 47.8 Å². The molecule has 126 valence electrons. The van der Waals surface area contributed by atoms with Crippen LogP contribution in [0.15, 0.2) is 54.6 Å². The summed E-state index contributed by atoms with van der Waals surface area (Å²) in [5, 5.41) is 2.66. The lowest BCUT2D eigenvalue weighted by atomic mass is 9.90. The van der Waals surface area contributed by atoms with Gasteiger partial charge in [0, 0.05) is 18.2 Å². The number of likely N-dealkylation sites (tertiary alicyclic amines) is 1. The lowest BCUT2D eigenvalue weighted by molar-refractivity contribution is -0.919. The van der Waals surface area contributed by atoms with Crippen LogP contribution in [0.5, 0.6) is 0 Å². The predicted molar refractivity (Wildman–Crippen MR) is 97.1 cm³/mol. The van der Waals surface area contributed by atoms with Gasteiger partial charge in [-0.2, -0.15) is 0 Å². The van der Waals surface area contributed by atoms with Gasteiger partial charge in [0.25, 0.3) is 5.91 Å². The standard InChI is InChI=1S/C21H26N2O/c1-22-21(24)20-9-7-19(8-10-20)16-23-13-11-18(12-14-23)15-17-5-3-2-4-6-17/h2-10,18H,11-16H2,1H3,(H,22,24)/p+1. The highest BCUT2D eigenvalue weighted by molar-refractivity contribution is 5.93. The van der Waals surface area contributed by atoms with Crippen LogP contribution in [0.1, 0.15) is 34.3 Å². The Bertz CT molecular complexity index is 643. The fourth-order valence-electron chi connectivity index (χ4n) is 3.62. The van der Waals surface area contributed by atoms with Gasteiger partial charge in [-0.05, 0) is 42.9 Å². The molecule has 0 atom stereocenters. The number of carbonyl (C=O) groups is 1. The van der Waals surface area contributed by atoms with Crippen molar-refractivity contribution >= 4 is 5.91 Å². The molecule has 0 unspecified atom stereocenters. The first kappa shape index (κ1) is 16.7. The normalized spacial score (nSPS) is 20.5. The number of nitrogens with one attached hydrogen (secondary N) is 2. The Kier molecular flexibility index (Phi) is 5.65. The van der Waals surface area contributed by atoms with Crippen LogP contribution in [0.4, 0.5) is 0 Å². The van der Waals surface area contributed by atoms with Gasteiger partial charge in [-0.15, -0.1) is 0 Å². The molecule has 0 spiro atoms. The summed E-state index contributed by atoms with van der Waals surface area (Å²) in [4.78, 5) is 13.2. The van der Waals surface area contributed by atoms with E-state index in [1.165, 1.54) is 43.5 Å². The Labute approximate surface area is 144 Å². The highest BCUT2D eigenvalue weighted by Gasteiger charge is 2.22. The lowest BCUT2D eigenvalue weighted by Gasteiger charge is -2.29. The van der Waals surface area contributed by atoms with Crippen molar-refractivity contribution in [1.29, 1.82) is 0 Å². The van der Waals surface area contributed by atoms with Crippen molar-refractivity contribution in [2.45, 2.75) is 25.8 Å². The lowest BCUT2D eigenvalue weighted by Crippen LogP contribution is -3.11. The second-order valence-corrected chi connectivity index (χ2v) is 6.84. The van der Waals surface area contributed by atoms with Gasteiger partial charge in [0.05, 0.1) is 13.1 Å². The van der Waals surface area contributed by atoms with E-state index >= 15 is 0 Å². The minimum absolute atomic E-state index is 0.0179. The molecule has 24 heavy (non-hydrogen) atoms. The molecule has 2 N–H and O–H groups in total. The van der Waals surface area contributed by atoms with Gasteiger partial charge in [-0.3, -0.25) is 4.79 Å². The summed E-state index contributed by atoms with van der Waals surface area (Å²) in [5.74, 6) is 0.808. The third-order valence-corrected chi connectivity index (χ3v) is 5.08. The molecule has 1 aliphatic rings. The Balaban J connectivity index is 1.47. The maximum atomic E-state index is 11.6. The average molecular weight is 323 g/mol. The monoisotopic (exact) mass is 323 g/mol. The van der Waals surface area contributed by atoms with Crippen LogP contribution in [0.25, 0.3) is 0 Å². The van der Waals surface area contributed by atoms with Crippen molar-refractivity contribution in [1.82, 2.24) is 5.32 Å². The molecule has 1 heterocycles. The smallest absolute Gasteiger partial charge is 0.251 e. The Morgan fingerprint density at radius 3 is 2.29 bits per heavy atom. The van der Waals surface area contributed by atoms with Gasteiger partial charge in [0.1, 0.15) is 6.54 Å². The molecule has 3 rings (SSSR count). The van der Waals surface area contributed by atoms with Crippen LogP contribution < -0.4 is 10.2 Å². The predicted octanol–water partition coefficient (Wildman–Crippen LogP) is 2.08. The van der Waals surface area contributed by atoms with E-state index in [0.29, 0.717) is 0 Å². The van der Waals surface area contributed by atoms with E-state index in [1.54, 1.807) is 11.9 Å². The number of hydrogen-bond donors (Lipinski definition) is 2. The summed E-state index contributed by atoms with van der Waals surface area (Å²) in [6, 6.07) is 18.9. The largest absolute Gasteiger partial charge is 0.355 e. The highest BCUT2D eigenvalue weighted by atomic mass is 16.1. The van der Waals surface area contributed by atoms with Gasteiger partial charge < -0.3 is 10.2 Å². The van der Waals surface area contributed by atoms with Crippen molar-refractivity contribution < 1.29 is 9.69 Å². The second kappa shape index (κ2) is 8.11. The SMILES string of the molecule is CNC(=O)c1ccc(C[NH+]2CCC(Cc3ccccc3)CC2)cc1. The zero-order chi connectivity index (χ0) is 16.8. The number of rotatable bonds is 5. The van der Waals surface area contributed by atoms with Crippen molar-refractivity contribution in [2.24, 2.45) is 5.92 Å². The van der Waals surface area contributed by atoms with E-state index in [-0.39, 0.29) is 5.91 Å². The number of quaternary nitrogens is 1. The van der Waals surface area contributed by atoms with Crippen molar-refractivity contribution in [3.05, 3.63) is 71.3 Å². The number of hydrogen-bond acceptors (Lipinski definition) is 1. The maximum absolute atomic E-state index is 11.6. The molecule has 0 aromatic heterocycles. The van der Waals surface area contributed by atoms with Crippen molar-refractivity contribution in [3.8, 4) is 0 Å². The summed E-state index contributed by atoms with van der Waals surface area (Å²) < 4.78 is 0. The van der Waals surface area contributed by atoms with Gasteiger partial charge in [0.2, 0.25) is 0 Å². The Morgan fingerprint density at radius 1 is 1.00 bits per heavy atom. The summed E-state index contributed by atoms with van der Waals surface area (Å²) in [6.07, 6.45) is 3.83. The molecule has 3 heteroatoms. The highest BCUT2D eigenvalue weighted by Crippen LogP contribution is 2.16. The maximum Gasteiger partial charge on any atom is 0.251 e. The van der Waals surface area contributed by atoms with E-state index in [4.69, 9.17) is 0 Å². The molecule has 0 radical (unpaired) electrons. The van der Waals surface area contributed by atoms with Crippen LogP contribution in [0, 0.1) is 5.92 Å². The van der Waals surface area contributed by atoms with Crippen LogP contribution in [0.3, 0.4) is 0 Å². The number of piperidine rings is 1. The fraction of sp³-hybridized carbons (Fsp3) is 0.381. The average Bonchev–Trinajstić information content (AvgIpc) is 2.64. The van der Waals surface area contributed by atoms with Gasteiger partial charge in [-0.1, -0.05) is 42.5 Å². The molecule has 0 bridgehead atoms. The minimum Gasteiger partial charge on any atom is -0.355 e. The zero-order valence-corrected chi connectivity index (χ0v) is 14.4. The van der Waals surface area contributed by atoms with Crippen LogP contribution in [0.2, 0.25) is 0 Å². The molecule has 3 nitrogen and oxygen atoms in total. The van der Waals surface area contributed by atoms with E-state index in [9.17, 15) is 4.79 Å². The third-order valence-electron chi connectivity index (χ3n) is 5.08. The summed E-state index contributed by atoms with van der Waals surface area (Å²) in [6.45, 7) is 3.55. The van der Waals surface area contributed by atoms with Crippen LogP contribution in [-0.2, 0) is 13.0 Å². The molecule has 0 saturated carbocycles. The molecule has 1 fully saturated rings. The number of carbonyl (C=O) groups excluding carboxylic acids is 1. The molecule has 2 aromatic rings. The first-order chi connectivity index (χ1) is 11.7. The molecule has 1 amide bonds. The molecule has 2 aromatic carbocycles. The van der Waals surface area contributed by atoms with Gasteiger partial charge in [0.15, 0.2) is 0 Å².